The minimum Gasteiger partial charge on any atom is -0.423 e. The zero-order chi connectivity index (χ0) is 16.4. The molecule has 118 valence electrons. The summed E-state index contributed by atoms with van der Waals surface area (Å²) in [6.07, 6.45) is 0. The van der Waals surface area contributed by atoms with E-state index in [4.69, 9.17) is 16.0 Å². The average molecular weight is 328 g/mol. The van der Waals surface area contributed by atoms with Gasteiger partial charge in [-0.3, -0.25) is 0 Å². The van der Waals surface area contributed by atoms with Crippen LogP contribution in [0.25, 0.3) is 11.0 Å². The smallest absolute Gasteiger partial charge is 0.336 e. The first-order valence-electron chi connectivity index (χ1n) is 7.56. The normalized spacial score (nSPS) is 12.5. The molecule has 0 fully saturated rings. The molecule has 0 unspecified atom stereocenters. The van der Waals surface area contributed by atoms with E-state index in [1.165, 1.54) is 11.6 Å². The summed E-state index contributed by atoms with van der Waals surface area (Å²) >= 11 is 6.22. The average Bonchev–Trinajstić information content (AvgIpc) is 2.55. The van der Waals surface area contributed by atoms with Crippen molar-refractivity contribution in [3.8, 4) is 0 Å². The van der Waals surface area contributed by atoms with Crippen molar-refractivity contribution < 1.29 is 4.42 Å². The van der Waals surface area contributed by atoms with Crippen LogP contribution >= 0.6 is 11.6 Å². The SMILES string of the molecule is Cc1cc2oc(=O)cc(CN[C@H](C)c3ccccc3)c2cc1Cl. The highest BCUT2D eigenvalue weighted by Gasteiger charge is 2.10. The predicted molar refractivity (Wildman–Crippen MR) is 93.9 cm³/mol. The summed E-state index contributed by atoms with van der Waals surface area (Å²) in [7, 11) is 0. The van der Waals surface area contributed by atoms with Crippen molar-refractivity contribution in [1.29, 1.82) is 0 Å². The Kier molecular flexibility index (Phi) is 4.51. The molecule has 1 N–H and O–H groups in total. The van der Waals surface area contributed by atoms with Crippen LogP contribution in [0.3, 0.4) is 0 Å². The molecule has 0 aliphatic rings. The van der Waals surface area contributed by atoms with Gasteiger partial charge in [0.05, 0.1) is 0 Å². The van der Waals surface area contributed by atoms with Crippen molar-refractivity contribution in [1.82, 2.24) is 5.32 Å². The molecule has 0 aliphatic heterocycles. The number of hydrogen-bond donors (Lipinski definition) is 1. The third-order valence-electron chi connectivity index (χ3n) is 4.01. The van der Waals surface area contributed by atoms with Crippen LogP contribution in [-0.4, -0.2) is 0 Å². The van der Waals surface area contributed by atoms with Crippen LogP contribution in [0.1, 0.15) is 29.7 Å². The predicted octanol–water partition coefficient (Wildman–Crippen LogP) is 4.61. The lowest BCUT2D eigenvalue weighted by Gasteiger charge is -2.15. The third kappa shape index (κ3) is 3.46. The van der Waals surface area contributed by atoms with Gasteiger partial charge in [-0.25, -0.2) is 4.79 Å². The van der Waals surface area contributed by atoms with Crippen molar-refractivity contribution in [2.75, 3.05) is 0 Å². The molecule has 0 radical (unpaired) electrons. The third-order valence-corrected chi connectivity index (χ3v) is 4.41. The zero-order valence-corrected chi connectivity index (χ0v) is 13.9. The van der Waals surface area contributed by atoms with Crippen LogP contribution in [0.5, 0.6) is 0 Å². The maximum absolute atomic E-state index is 11.8. The van der Waals surface area contributed by atoms with Crippen LogP contribution in [0.4, 0.5) is 0 Å². The molecule has 0 bridgehead atoms. The van der Waals surface area contributed by atoms with E-state index in [1.807, 2.05) is 37.3 Å². The molecule has 0 saturated heterocycles. The number of hydrogen-bond acceptors (Lipinski definition) is 3. The number of aryl methyl sites for hydroxylation is 1. The standard InChI is InChI=1S/C19H18ClNO2/c1-12-8-18-16(10-17(12)20)15(9-19(22)23-18)11-21-13(2)14-6-4-3-5-7-14/h3-10,13,21H,11H2,1-2H3/t13-/m1/s1. The van der Waals surface area contributed by atoms with Crippen LogP contribution < -0.4 is 10.9 Å². The van der Waals surface area contributed by atoms with Gasteiger partial charge in [0.25, 0.3) is 0 Å². The molecule has 0 amide bonds. The van der Waals surface area contributed by atoms with Crippen LogP contribution in [0, 0.1) is 6.92 Å². The summed E-state index contributed by atoms with van der Waals surface area (Å²) in [6.45, 7) is 4.56. The van der Waals surface area contributed by atoms with E-state index in [1.54, 1.807) is 0 Å². The minimum absolute atomic E-state index is 0.180. The fraction of sp³-hybridized carbons (Fsp3) is 0.211. The van der Waals surface area contributed by atoms with Gasteiger partial charge in [-0.2, -0.15) is 0 Å². The first-order chi connectivity index (χ1) is 11.0. The molecule has 0 aliphatic carbocycles. The molecule has 3 rings (SSSR count). The highest BCUT2D eigenvalue weighted by Crippen LogP contribution is 2.25. The van der Waals surface area contributed by atoms with Crippen molar-refractivity contribution in [3.63, 3.8) is 0 Å². The number of rotatable bonds is 4. The fourth-order valence-electron chi connectivity index (χ4n) is 2.62. The lowest BCUT2D eigenvalue weighted by atomic mass is 10.1. The molecule has 4 heteroatoms. The van der Waals surface area contributed by atoms with Crippen LogP contribution in [0.15, 0.2) is 57.7 Å². The van der Waals surface area contributed by atoms with E-state index < -0.39 is 0 Å². The Bertz CT molecular complexity index is 887. The van der Waals surface area contributed by atoms with Crippen molar-refractivity contribution >= 4 is 22.6 Å². The molecule has 23 heavy (non-hydrogen) atoms. The number of nitrogens with one attached hydrogen (secondary N) is 1. The first kappa shape index (κ1) is 15.8. The van der Waals surface area contributed by atoms with Gasteiger partial charge < -0.3 is 9.73 Å². The van der Waals surface area contributed by atoms with E-state index in [0.29, 0.717) is 17.2 Å². The van der Waals surface area contributed by atoms with Crippen molar-refractivity contribution in [3.05, 3.63) is 80.7 Å². The molecule has 2 aromatic carbocycles. The number of fused-ring (bicyclic) bond motifs is 1. The van der Waals surface area contributed by atoms with Gasteiger partial charge in [0.1, 0.15) is 5.58 Å². The second-order valence-corrected chi connectivity index (χ2v) is 6.11. The Morgan fingerprint density at radius 1 is 1.17 bits per heavy atom. The topological polar surface area (TPSA) is 42.2 Å². The Morgan fingerprint density at radius 3 is 2.65 bits per heavy atom. The van der Waals surface area contributed by atoms with Gasteiger partial charge in [0.2, 0.25) is 0 Å². The molecule has 1 heterocycles. The van der Waals surface area contributed by atoms with E-state index in [9.17, 15) is 4.79 Å². The molecule has 0 spiro atoms. The zero-order valence-electron chi connectivity index (χ0n) is 13.1. The first-order valence-corrected chi connectivity index (χ1v) is 7.93. The Morgan fingerprint density at radius 2 is 1.91 bits per heavy atom. The lowest BCUT2D eigenvalue weighted by molar-refractivity contribution is 0.547. The number of halogens is 1. The van der Waals surface area contributed by atoms with Gasteiger partial charge in [-0.05, 0) is 42.7 Å². The maximum atomic E-state index is 11.8. The summed E-state index contributed by atoms with van der Waals surface area (Å²) in [5, 5.41) is 4.98. The summed E-state index contributed by atoms with van der Waals surface area (Å²) in [6, 6.07) is 15.6. The van der Waals surface area contributed by atoms with Crippen LogP contribution in [-0.2, 0) is 6.54 Å². The van der Waals surface area contributed by atoms with Gasteiger partial charge in [-0.15, -0.1) is 0 Å². The van der Waals surface area contributed by atoms with E-state index in [-0.39, 0.29) is 11.7 Å². The minimum atomic E-state index is -0.344. The second kappa shape index (κ2) is 6.57. The Balaban J connectivity index is 1.91. The monoisotopic (exact) mass is 327 g/mol. The molecule has 3 aromatic rings. The summed E-state index contributed by atoms with van der Waals surface area (Å²) in [5.74, 6) is 0. The molecular weight excluding hydrogens is 310 g/mol. The van der Waals surface area contributed by atoms with Gasteiger partial charge in [0, 0.05) is 29.1 Å². The highest BCUT2D eigenvalue weighted by molar-refractivity contribution is 6.32. The lowest BCUT2D eigenvalue weighted by Crippen LogP contribution is -2.19. The van der Waals surface area contributed by atoms with Gasteiger partial charge in [0.15, 0.2) is 0 Å². The Labute approximate surface area is 139 Å². The van der Waals surface area contributed by atoms with Gasteiger partial charge in [-0.1, -0.05) is 41.9 Å². The van der Waals surface area contributed by atoms with E-state index in [2.05, 4.69) is 24.4 Å². The summed E-state index contributed by atoms with van der Waals surface area (Å²) < 4.78 is 5.29. The molecule has 1 aromatic heterocycles. The fourth-order valence-corrected chi connectivity index (χ4v) is 2.78. The van der Waals surface area contributed by atoms with Crippen molar-refractivity contribution in [2.24, 2.45) is 0 Å². The van der Waals surface area contributed by atoms with E-state index in [0.717, 1.165) is 16.5 Å². The number of benzene rings is 2. The van der Waals surface area contributed by atoms with Crippen LogP contribution in [0.2, 0.25) is 5.02 Å². The Hall–Kier alpha value is -2.10. The van der Waals surface area contributed by atoms with Gasteiger partial charge >= 0.3 is 5.63 Å². The molecule has 3 nitrogen and oxygen atoms in total. The molecule has 1 atom stereocenters. The summed E-state index contributed by atoms with van der Waals surface area (Å²) in [5.41, 5.74) is 3.21. The largest absolute Gasteiger partial charge is 0.423 e. The van der Waals surface area contributed by atoms with E-state index >= 15 is 0 Å². The summed E-state index contributed by atoms with van der Waals surface area (Å²) in [4.78, 5) is 11.8. The van der Waals surface area contributed by atoms with Crippen molar-refractivity contribution in [2.45, 2.75) is 26.4 Å². The molecular formula is C19H18ClNO2. The molecule has 0 saturated carbocycles. The highest BCUT2D eigenvalue weighted by atomic mass is 35.5. The maximum Gasteiger partial charge on any atom is 0.336 e. The second-order valence-electron chi connectivity index (χ2n) is 5.70. The quantitative estimate of drug-likeness (QED) is 0.712.